The average molecular weight is 773 g/mol. The van der Waals surface area contributed by atoms with Gasteiger partial charge in [-0.2, -0.15) is 0 Å². The maximum Gasteiger partial charge on any atom is 0.673 e. The van der Waals surface area contributed by atoms with Crippen molar-refractivity contribution in [3.8, 4) is 11.5 Å². The summed E-state index contributed by atoms with van der Waals surface area (Å²) in [6.07, 6.45) is 0. The lowest BCUT2D eigenvalue weighted by Crippen LogP contribution is -3.61. The van der Waals surface area contributed by atoms with Crippen LogP contribution in [0.25, 0.3) is 0 Å². The van der Waals surface area contributed by atoms with Gasteiger partial charge in [-0.25, -0.2) is 0 Å². The second-order valence-electron chi connectivity index (χ2n) is 8.16. The Morgan fingerprint density at radius 3 is 0.837 bits per heavy atom. The largest absolute Gasteiger partial charge is 0.673 e. The van der Waals surface area contributed by atoms with Crippen molar-refractivity contribution < 1.29 is 99.7 Å². The van der Waals surface area contributed by atoms with Gasteiger partial charge in [-0.3, -0.25) is 0 Å². The van der Waals surface area contributed by atoms with Gasteiger partial charge in [0.15, 0.2) is 7.14 Å². The number of benzene rings is 2. The molecule has 23 heteroatoms. The first kappa shape index (κ1) is 45.3. The molecule has 0 saturated carbocycles. The molecule has 0 heterocycles. The second kappa shape index (κ2) is 20.0. The first-order valence-corrected chi connectivity index (χ1v) is 13.6. The Hall–Kier alpha value is -2.09. The Bertz CT molecular complexity index is 916. The normalized spacial score (nSPS) is 11.5. The van der Waals surface area contributed by atoms with Crippen LogP contribution in [0.5, 0.6) is 11.5 Å². The topological polar surface area (TPSA) is 18.5 Å². The van der Waals surface area contributed by atoms with E-state index in [-0.39, 0.29) is 21.2 Å². The lowest BCUT2D eigenvalue weighted by molar-refractivity contribution is -0.597. The Kier molecular flexibility index (Phi) is 21.1. The molecule has 0 saturated heterocycles. The van der Waals surface area contributed by atoms with Gasteiger partial charge in [-0.05, 0) is 48.2 Å². The van der Waals surface area contributed by atoms with Crippen LogP contribution in [0.15, 0.2) is 36.4 Å². The van der Waals surface area contributed by atoms with Gasteiger partial charge in [0.1, 0.15) is 11.5 Å². The highest BCUT2D eigenvalue weighted by atomic mass is 127. The standard InChI is InChI=1S/C20H26IO2.4BF4/c1-13(2)17-11-15(7-9-19(17)22-5)21-16-8-10-20(23-6)18(12-16)14(3)4;4*2-1(3,4)5/h7-14H,1-6H3;;;;/q+1;4*-1. The van der Waals surface area contributed by atoms with E-state index in [4.69, 9.17) is 9.47 Å². The third-order valence-corrected chi connectivity index (χ3v) is 6.43. The third kappa shape index (κ3) is 36.0. The van der Waals surface area contributed by atoms with Gasteiger partial charge in [-0.1, -0.05) is 27.7 Å². The molecular formula is C20H26B4F16IO2-3. The van der Waals surface area contributed by atoms with E-state index in [2.05, 4.69) is 64.1 Å². The van der Waals surface area contributed by atoms with Crippen molar-refractivity contribution in [3.05, 3.63) is 54.7 Å². The molecule has 2 aromatic rings. The number of hydrogen-bond acceptors (Lipinski definition) is 2. The van der Waals surface area contributed by atoms with Crippen molar-refractivity contribution >= 4 is 29.0 Å². The average Bonchev–Trinajstić information content (AvgIpc) is 2.74. The molecule has 252 valence electrons. The van der Waals surface area contributed by atoms with Crippen LogP contribution in [0.3, 0.4) is 0 Å². The first-order chi connectivity index (χ1) is 19.0. The highest BCUT2D eigenvalue weighted by Crippen LogP contribution is 2.26. The summed E-state index contributed by atoms with van der Waals surface area (Å²) in [5.74, 6) is 2.92. The van der Waals surface area contributed by atoms with E-state index in [1.807, 2.05) is 0 Å². The minimum absolute atomic E-state index is 0.203. The molecule has 0 aromatic heterocycles. The maximum atomic E-state index is 9.75. The van der Waals surface area contributed by atoms with Crippen LogP contribution in [-0.2, 0) is 0 Å². The predicted octanol–water partition coefficient (Wildman–Crippen LogP) is 7.28. The van der Waals surface area contributed by atoms with Crippen LogP contribution < -0.4 is 30.7 Å². The molecule has 0 atom stereocenters. The van der Waals surface area contributed by atoms with Gasteiger partial charge in [0, 0.05) is 11.1 Å². The molecule has 0 radical (unpaired) electrons. The van der Waals surface area contributed by atoms with Gasteiger partial charge >= 0.3 is 50.2 Å². The molecule has 2 aromatic carbocycles. The Labute approximate surface area is 248 Å². The van der Waals surface area contributed by atoms with Gasteiger partial charge in [0.05, 0.1) is 14.2 Å². The third-order valence-electron chi connectivity index (χ3n) is 3.85. The minimum Gasteiger partial charge on any atom is -0.496 e. The van der Waals surface area contributed by atoms with Crippen LogP contribution in [0.1, 0.15) is 50.7 Å². The molecule has 43 heavy (non-hydrogen) atoms. The zero-order valence-corrected chi connectivity index (χ0v) is 25.3. The van der Waals surface area contributed by atoms with Crippen molar-refractivity contribution in [1.82, 2.24) is 0 Å². The summed E-state index contributed by atoms with van der Waals surface area (Å²) >= 11 is -0.203. The van der Waals surface area contributed by atoms with Crippen LogP contribution >= 0.6 is 0 Å². The van der Waals surface area contributed by atoms with E-state index in [1.165, 1.54) is 18.3 Å². The Balaban J connectivity index is -0.000000648. The highest BCUT2D eigenvalue weighted by molar-refractivity contribution is 6.50. The van der Waals surface area contributed by atoms with E-state index < -0.39 is 29.0 Å². The predicted molar refractivity (Wildman–Crippen MR) is 132 cm³/mol. The van der Waals surface area contributed by atoms with Crippen molar-refractivity contribution in [2.45, 2.75) is 39.5 Å². The number of ether oxygens (including phenoxy) is 2. The van der Waals surface area contributed by atoms with Gasteiger partial charge < -0.3 is 78.5 Å². The number of rotatable bonds is 6. The Morgan fingerprint density at radius 1 is 0.465 bits per heavy atom. The summed E-state index contributed by atoms with van der Waals surface area (Å²) in [4.78, 5) is 0. The highest BCUT2D eigenvalue weighted by Gasteiger charge is 2.23. The monoisotopic (exact) mass is 773 g/mol. The van der Waals surface area contributed by atoms with Gasteiger partial charge in [0.2, 0.25) is 0 Å². The SMILES string of the molecule is COc1ccc([I+]c2ccc(OC)c(C(C)C)c2)cc1C(C)C.F[B-](F)(F)F.F[B-](F)(F)F.F[B-](F)(F)F.F[B-](F)(F)F. The fourth-order valence-corrected chi connectivity index (χ4v) is 4.98. The molecule has 0 bridgehead atoms. The molecule has 0 unspecified atom stereocenters. The fourth-order valence-electron chi connectivity index (χ4n) is 2.56. The molecule has 2 nitrogen and oxygen atoms in total. The zero-order chi connectivity index (χ0) is 35.0. The van der Waals surface area contributed by atoms with Crippen LogP contribution in [0, 0.1) is 7.14 Å². The summed E-state index contributed by atoms with van der Waals surface area (Å²) in [5, 5.41) is 0. The van der Waals surface area contributed by atoms with E-state index in [0.29, 0.717) is 11.8 Å². The van der Waals surface area contributed by atoms with Crippen molar-refractivity contribution in [2.75, 3.05) is 14.2 Å². The molecule has 0 fully saturated rings. The summed E-state index contributed by atoms with van der Waals surface area (Å²) in [6.45, 7) is 8.85. The number of hydrogen-bond donors (Lipinski definition) is 0. The molecule has 0 N–H and O–H groups in total. The summed E-state index contributed by atoms with van der Waals surface area (Å²) in [5.41, 5.74) is 2.59. The number of halogens is 17. The molecule has 0 spiro atoms. The fraction of sp³-hybridized carbons (Fsp3) is 0.400. The summed E-state index contributed by atoms with van der Waals surface area (Å²) in [6, 6.07) is 13.3. The van der Waals surface area contributed by atoms with Gasteiger partial charge in [-0.15, -0.1) is 0 Å². The quantitative estimate of drug-likeness (QED) is 0.175. The Morgan fingerprint density at radius 2 is 0.674 bits per heavy atom. The molecule has 0 amide bonds. The molecular weight excluding hydrogens is 746 g/mol. The summed E-state index contributed by atoms with van der Waals surface area (Å²) < 4.78 is 170. The van der Waals surface area contributed by atoms with E-state index in [9.17, 15) is 69.1 Å². The van der Waals surface area contributed by atoms with Crippen molar-refractivity contribution in [2.24, 2.45) is 0 Å². The van der Waals surface area contributed by atoms with Crippen LogP contribution in [0.2, 0.25) is 0 Å². The smallest absolute Gasteiger partial charge is 0.496 e. The minimum atomic E-state index is -6.00. The van der Waals surface area contributed by atoms with Crippen LogP contribution in [0.4, 0.5) is 69.1 Å². The van der Waals surface area contributed by atoms with E-state index in [0.717, 1.165) is 11.5 Å². The summed E-state index contributed by atoms with van der Waals surface area (Å²) in [7, 11) is -20.5. The zero-order valence-electron chi connectivity index (χ0n) is 23.2. The first-order valence-electron chi connectivity index (χ1n) is 11.5. The lowest BCUT2D eigenvalue weighted by Gasteiger charge is -2.11. The molecule has 0 aliphatic heterocycles. The van der Waals surface area contributed by atoms with Crippen molar-refractivity contribution in [3.63, 3.8) is 0 Å². The lowest BCUT2D eigenvalue weighted by atomic mass is 10.0. The van der Waals surface area contributed by atoms with Gasteiger partial charge in [0.25, 0.3) is 0 Å². The van der Waals surface area contributed by atoms with Crippen LogP contribution in [-0.4, -0.2) is 43.2 Å². The molecule has 2 rings (SSSR count). The van der Waals surface area contributed by atoms with E-state index in [1.54, 1.807) is 14.2 Å². The van der Waals surface area contributed by atoms with E-state index >= 15 is 0 Å². The van der Waals surface area contributed by atoms with Crippen molar-refractivity contribution in [1.29, 1.82) is 0 Å². The second-order valence-corrected chi connectivity index (χ2v) is 11.2. The molecule has 0 aliphatic rings. The maximum absolute atomic E-state index is 9.75. The number of methoxy groups -OCH3 is 2. The molecule has 0 aliphatic carbocycles.